The molecule has 0 aliphatic rings. The highest BCUT2D eigenvalue weighted by Crippen LogP contribution is 2.22. The molecule has 1 rings (SSSR count). The number of anilines is 1. The number of methoxy groups -OCH3 is 1. The van der Waals surface area contributed by atoms with Gasteiger partial charge in [0.1, 0.15) is 6.10 Å². The normalized spacial score (nSPS) is 13.7. The van der Waals surface area contributed by atoms with E-state index in [4.69, 9.17) is 10.8 Å². The minimum absolute atomic E-state index is 0.00774. The monoisotopic (exact) mass is 255 g/mol. The van der Waals surface area contributed by atoms with Crippen molar-refractivity contribution in [3.63, 3.8) is 0 Å². The van der Waals surface area contributed by atoms with Crippen molar-refractivity contribution in [1.82, 2.24) is 0 Å². The maximum absolute atomic E-state index is 11.4. The number of rotatable bonds is 4. The molecule has 1 aromatic carbocycles. The molecule has 7 heteroatoms. The van der Waals surface area contributed by atoms with Crippen LogP contribution in [0, 0.1) is 0 Å². The first-order chi connectivity index (χ1) is 8.38. The zero-order chi connectivity index (χ0) is 13.9. The highest BCUT2D eigenvalue weighted by Gasteiger charge is 2.26. The molecule has 0 amide bonds. The van der Waals surface area contributed by atoms with Crippen molar-refractivity contribution >= 4 is 17.6 Å². The Kier molecular flexibility index (Phi) is 4.24. The van der Waals surface area contributed by atoms with Gasteiger partial charge in [-0.15, -0.1) is 0 Å². The first kappa shape index (κ1) is 13.9. The van der Waals surface area contributed by atoms with Gasteiger partial charge in [0, 0.05) is 5.69 Å². The summed E-state index contributed by atoms with van der Waals surface area (Å²) >= 11 is 0. The molecule has 0 heterocycles. The summed E-state index contributed by atoms with van der Waals surface area (Å²) in [6.45, 7) is 0. The summed E-state index contributed by atoms with van der Waals surface area (Å²) in [5.41, 5.74) is 5.72. The third kappa shape index (κ3) is 2.76. The van der Waals surface area contributed by atoms with Crippen molar-refractivity contribution in [2.24, 2.45) is 0 Å². The van der Waals surface area contributed by atoms with Crippen LogP contribution in [0.1, 0.15) is 22.0 Å². The van der Waals surface area contributed by atoms with Crippen LogP contribution in [0.15, 0.2) is 18.2 Å². The number of nitrogen functional groups attached to an aromatic ring is 1. The van der Waals surface area contributed by atoms with E-state index in [-0.39, 0.29) is 16.8 Å². The number of aliphatic hydroxyl groups is 2. The van der Waals surface area contributed by atoms with Crippen LogP contribution in [0.2, 0.25) is 0 Å². The van der Waals surface area contributed by atoms with Crippen LogP contribution >= 0.6 is 0 Å². The molecule has 98 valence electrons. The number of hydrogen-bond donors (Lipinski definition) is 4. The number of hydrogen-bond acceptors (Lipinski definition) is 6. The standard InChI is InChI=1S/C11H13NO6/c1-18-11(17)6-4-5(2-3-7(6)12)8(13)9(14)10(15)16/h2-4,8-9,13-14H,12H2,1H3,(H,15,16). The molecule has 2 atom stereocenters. The fourth-order valence-corrected chi connectivity index (χ4v) is 1.36. The Hall–Kier alpha value is -2.12. The molecular formula is C11H13NO6. The lowest BCUT2D eigenvalue weighted by Gasteiger charge is -2.15. The maximum Gasteiger partial charge on any atom is 0.339 e. The Balaban J connectivity index is 3.12. The van der Waals surface area contributed by atoms with E-state index >= 15 is 0 Å². The number of carbonyl (C=O) groups excluding carboxylic acids is 1. The van der Waals surface area contributed by atoms with E-state index in [1.54, 1.807) is 0 Å². The van der Waals surface area contributed by atoms with Gasteiger partial charge in [0.05, 0.1) is 12.7 Å². The van der Waals surface area contributed by atoms with Gasteiger partial charge in [-0.25, -0.2) is 9.59 Å². The van der Waals surface area contributed by atoms with E-state index in [0.717, 1.165) is 7.11 Å². The second-order valence-electron chi connectivity index (χ2n) is 3.57. The van der Waals surface area contributed by atoms with Gasteiger partial charge < -0.3 is 25.8 Å². The first-order valence-electron chi connectivity index (χ1n) is 4.95. The molecule has 0 aliphatic heterocycles. The van der Waals surface area contributed by atoms with Crippen LogP contribution in [0.4, 0.5) is 5.69 Å². The largest absolute Gasteiger partial charge is 0.479 e. The summed E-state index contributed by atoms with van der Waals surface area (Å²) in [7, 11) is 1.16. The van der Waals surface area contributed by atoms with Gasteiger partial charge in [0.2, 0.25) is 0 Å². The Morgan fingerprint density at radius 1 is 1.33 bits per heavy atom. The molecule has 1 aromatic rings. The fourth-order valence-electron chi connectivity index (χ4n) is 1.36. The molecule has 18 heavy (non-hydrogen) atoms. The van der Waals surface area contributed by atoms with Crippen molar-refractivity contribution in [1.29, 1.82) is 0 Å². The third-order valence-electron chi connectivity index (χ3n) is 2.38. The quantitative estimate of drug-likeness (QED) is 0.422. The number of nitrogens with two attached hydrogens (primary N) is 1. The number of aliphatic carboxylic acids is 1. The van der Waals surface area contributed by atoms with Crippen molar-refractivity contribution in [2.75, 3.05) is 12.8 Å². The second-order valence-corrected chi connectivity index (χ2v) is 3.57. The van der Waals surface area contributed by atoms with E-state index in [9.17, 15) is 19.8 Å². The molecule has 7 nitrogen and oxygen atoms in total. The van der Waals surface area contributed by atoms with Crippen LogP contribution in [0.3, 0.4) is 0 Å². The van der Waals surface area contributed by atoms with Gasteiger partial charge in [-0.2, -0.15) is 0 Å². The molecule has 5 N–H and O–H groups in total. The highest BCUT2D eigenvalue weighted by molar-refractivity contribution is 5.95. The molecule has 0 spiro atoms. The number of esters is 1. The summed E-state index contributed by atoms with van der Waals surface area (Å²) < 4.78 is 4.48. The maximum atomic E-state index is 11.4. The lowest BCUT2D eigenvalue weighted by Crippen LogP contribution is -2.27. The fraction of sp³-hybridized carbons (Fsp3) is 0.273. The van der Waals surface area contributed by atoms with Crippen molar-refractivity contribution in [3.8, 4) is 0 Å². The number of aliphatic hydroxyl groups excluding tert-OH is 2. The van der Waals surface area contributed by atoms with Crippen LogP contribution in [-0.4, -0.2) is 40.5 Å². The van der Waals surface area contributed by atoms with E-state index < -0.39 is 24.1 Å². The minimum Gasteiger partial charge on any atom is -0.479 e. The Bertz CT molecular complexity index is 473. The highest BCUT2D eigenvalue weighted by atomic mass is 16.5. The predicted octanol–water partition coefficient (Wildman–Crippen LogP) is -0.466. The molecule has 0 saturated heterocycles. The zero-order valence-electron chi connectivity index (χ0n) is 9.53. The van der Waals surface area contributed by atoms with E-state index in [2.05, 4.69) is 4.74 Å². The number of carbonyl (C=O) groups is 2. The Morgan fingerprint density at radius 3 is 2.44 bits per heavy atom. The van der Waals surface area contributed by atoms with Gasteiger partial charge in [0.25, 0.3) is 0 Å². The lowest BCUT2D eigenvalue weighted by atomic mass is 10.0. The van der Waals surface area contributed by atoms with E-state index in [1.807, 2.05) is 0 Å². The average molecular weight is 255 g/mol. The van der Waals surface area contributed by atoms with Gasteiger partial charge >= 0.3 is 11.9 Å². The summed E-state index contributed by atoms with van der Waals surface area (Å²) in [4.78, 5) is 21.9. The molecule has 0 aromatic heterocycles. The summed E-state index contributed by atoms with van der Waals surface area (Å²) in [6, 6.07) is 3.82. The smallest absolute Gasteiger partial charge is 0.339 e. The van der Waals surface area contributed by atoms with E-state index in [1.165, 1.54) is 18.2 Å². The number of ether oxygens (including phenoxy) is 1. The van der Waals surface area contributed by atoms with Gasteiger partial charge in [-0.3, -0.25) is 0 Å². The second kappa shape index (κ2) is 5.48. The average Bonchev–Trinajstić information content (AvgIpc) is 2.36. The van der Waals surface area contributed by atoms with Gasteiger partial charge in [-0.05, 0) is 17.7 Å². The van der Waals surface area contributed by atoms with Crippen LogP contribution in [0.5, 0.6) is 0 Å². The lowest BCUT2D eigenvalue weighted by molar-refractivity contribution is -0.153. The summed E-state index contributed by atoms with van der Waals surface area (Å²) in [6.07, 6.45) is -3.65. The number of benzene rings is 1. The molecule has 0 aliphatic carbocycles. The minimum atomic E-state index is -1.99. The van der Waals surface area contributed by atoms with Crippen LogP contribution in [-0.2, 0) is 9.53 Å². The first-order valence-corrected chi connectivity index (χ1v) is 4.95. The number of carboxylic acids is 1. The van der Waals surface area contributed by atoms with E-state index in [0.29, 0.717) is 0 Å². The summed E-state index contributed by atoms with van der Waals surface area (Å²) in [5, 5.41) is 27.4. The summed E-state index contributed by atoms with van der Waals surface area (Å²) in [5.74, 6) is -2.29. The predicted molar refractivity (Wildman–Crippen MR) is 60.8 cm³/mol. The van der Waals surface area contributed by atoms with Crippen LogP contribution < -0.4 is 5.73 Å². The zero-order valence-corrected chi connectivity index (χ0v) is 9.53. The molecule has 0 bridgehead atoms. The Morgan fingerprint density at radius 2 is 1.94 bits per heavy atom. The molecule has 0 saturated carbocycles. The van der Waals surface area contributed by atoms with Crippen molar-refractivity contribution in [3.05, 3.63) is 29.3 Å². The third-order valence-corrected chi connectivity index (χ3v) is 2.38. The Labute approximate surface area is 102 Å². The van der Waals surface area contributed by atoms with Crippen molar-refractivity contribution < 1.29 is 29.6 Å². The topological polar surface area (TPSA) is 130 Å². The van der Waals surface area contributed by atoms with Crippen LogP contribution in [0.25, 0.3) is 0 Å². The molecule has 0 radical (unpaired) electrons. The van der Waals surface area contributed by atoms with Crippen molar-refractivity contribution in [2.45, 2.75) is 12.2 Å². The molecular weight excluding hydrogens is 242 g/mol. The SMILES string of the molecule is COC(=O)c1cc(C(O)C(O)C(=O)O)ccc1N. The van der Waals surface area contributed by atoms with Gasteiger partial charge in [0.15, 0.2) is 6.10 Å². The molecule has 2 unspecified atom stereocenters. The van der Waals surface area contributed by atoms with Gasteiger partial charge in [-0.1, -0.05) is 6.07 Å². The number of carboxylic acid groups (broad SMARTS) is 1. The molecule has 0 fully saturated rings.